The predicted molar refractivity (Wildman–Crippen MR) is 78.1 cm³/mol. The quantitative estimate of drug-likeness (QED) is 0.755. The summed E-state index contributed by atoms with van der Waals surface area (Å²) in [5.41, 5.74) is 0.926. The molecule has 1 saturated heterocycles. The number of nitrogens with one attached hydrogen (secondary N) is 1. The van der Waals surface area contributed by atoms with E-state index < -0.39 is 0 Å². The molecule has 5 heteroatoms. The van der Waals surface area contributed by atoms with Gasteiger partial charge >= 0.3 is 0 Å². The number of benzene rings is 1. The van der Waals surface area contributed by atoms with E-state index >= 15 is 0 Å². The van der Waals surface area contributed by atoms with Crippen molar-refractivity contribution < 1.29 is 0 Å². The summed E-state index contributed by atoms with van der Waals surface area (Å²) in [6.07, 6.45) is 1.18. The van der Waals surface area contributed by atoms with Gasteiger partial charge in [-0.05, 0) is 34.5 Å². The fourth-order valence-corrected chi connectivity index (χ4v) is 3.75. The summed E-state index contributed by atoms with van der Waals surface area (Å²) < 4.78 is 0.832. The van der Waals surface area contributed by atoms with E-state index in [0.29, 0.717) is 16.1 Å². The summed E-state index contributed by atoms with van der Waals surface area (Å²) in [7, 11) is 0. The number of hydrogen-bond donors (Lipinski definition) is 1. The van der Waals surface area contributed by atoms with Crippen LogP contribution in [0.5, 0.6) is 0 Å². The van der Waals surface area contributed by atoms with E-state index in [2.05, 4.69) is 28.2 Å². The van der Waals surface area contributed by atoms with Crippen LogP contribution < -0.4 is 5.32 Å². The molecule has 0 saturated carbocycles. The third kappa shape index (κ3) is 2.81. The van der Waals surface area contributed by atoms with E-state index in [1.807, 2.05) is 23.9 Å². The Balaban J connectivity index is 2.13. The maximum Gasteiger partial charge on any atom is 0.0835 e. The first-order valence-corrected chi connectivity index (χ1v) is 7.69. The SMILES string of the molecule is CC1CC(Nc2ccc(Br)c(Cl)c2Cl)CS1. The van der Waals surface area contributed by atoms with Gasteiger partial charge in [0.15, 0.2) is 0 Å². The first kappa shape index (κ1) is 12.9. The fraction of sp³-hybridized carbons (Fsp3) is 0.455. The standard InChI is InChI=1S/C11H12BrCl2NS/c1-6-4-7(5-16-6)15-9-3-2-8(12)10(13)11(9)14/h2-3,6-7,15H,4-5H2,1H3. The molecule has 0 spiro atoms. The fourth-order valence-electron chi connectivity index (χ4n) is 1.78. The average Bonchev–Trinajstić information content (AvgIpc) is 2.65. The summed E-state index contributed by atoms with van der Waals surface area (Å²) in [4.78, 5) is 0. The smallest absolute Gasteiger partial charge is 0.0835 e. The molecule has 1 aromatic carbocycles. The van der Waals surface area contributed by atoms with Crippen LogP contribution in [0.1, 0.15) is 13.3 Å². The maximum atomic E-state index is 6.18. The molecule has 0 bridgehead atoms. The number of halogens is 3. The number of rotatable bonds is 2. The van der Waals surface area contributed by atoms with Crippen molar-refractivity contribution in [3.05, 3.63) is 26.7 Å². The van der Waals surface area contributed by atoms with Crippen molar-refractivity contribution in [2.24, 2.45) is 0 Å². The van der Waals surface area contributed by atoms with E-state index in [1.54, 1.807) is 0 Å². The molecule has 2 atom stereocenters. The van der Waals surface area contributed by atoms with Gasteiger partial charge in [-0.15, -0.1) is 0 Å². The van der Waals surface area contributed by atoms with Crippen molar-refractivity contribution in [2.75, 3.05) is 11.1 Å². The molecule has 16 heavy (non-hydrogen) atoms. The second-order valence-electron chi connectivity index (χ2n) is 3.94. The molecule has 1 aliphatic heterocycles. The van der Waals surface area contributed by atoms with Crippen molar-refractivity contribution in [1.82, 2.24) is 0 Å². The second-order valence-corrected chi connectivity index (χ2v) is 7.03. The van der Waals surface area contributed by atoms with E-state index in [1.165, 1.54) is 6.42 Å². The van der Waals surface area contributed by atoms with Crippen LogP contribution in [0.2, 0.25) is 10.0 Å². The molecular formula is C11H12BrCl2NS. The van der Waals surface area contributed by atoms with Crippen LogP contribution in [0.25, 0.3) is 0 Å². The summed E-state index contributed by atoms with van der Waals surface area (Å²) in [5.74, 6) is 1.13. The van der Waals surface area contributed by atoms with Crippen LogP contribution in [-0.4, -0.2) is 17.0 Å². The summed E-state index contributed by atoms with van der Waals surface area (Å²) in [5, 5.41) is 5.35. The molecule has 0 amide bonds. The Morgan fingerprint density at radius 3 is 2.75 bits per heavy atom. The highest BCUT2D eigenvalue weighted by atomic mass is 79.9. The molecule has 2 rings (SSSR count). The lowest BCUT2D eigenvalue weighted by Crippen LogP contribution is -2.19. The largest absolute Gasteiger partial charge is 0.380 e. The molecule has 0 radical (unpaired) electrons. The summed E-state index contributed by atoms with van der Waals surface area (Å²) >= 11 is 17.6. The molecule has 88 valence electrons. The van der Waals surface area contributed by atoms with Crippen LogP contribution in [-0.2, 0) is 0 Å². The van der Waals surface area contributed by atoms with Gasteiger partial charge in [0.25, 0.3) is 0 Å². The third-order valence-electron chi connectivity index (χ3n) is 2.59. The van der Waals surface area contributed by atoms with E-state index in [0.717, 1.165) is 21.2 Å². The van der Waals surface area contributed by atoms with Gasteiger partial charge in [-0.2, -0.15) is 11.8 Å². The number of anilines is 1. The summed E-state index contributed by atoms with van der Waals surface area (Å²) in [6, 6.07) is 4.38. The van der Waals surface area contributed by atoms with Gasteiger partial charge in [0.05, 0.1) is 15.7 Å². The number of hydrogen-bond acceptors (Lipinski definition) is 2. The van der Waals surface area contributed by atoms with Crippen LogP contribution >= 0.6 is 50.9 Å². The molecule has 0 aliphatic carbocycles. The van der Waals surface area contributed by atoms with E-state index in [9.17, 15) is 0 Å². The van der Waals surface area contributed by atoms with Crippen LogP contribution in [0, 0.1) is 0 Å². The van der Waals surface area contributed by atoms with Gasteiger partial charge in [-0.25, -0.2) is 0 Å². The van der Waals surface area contributed by atoms with Crippen molar-refractivity contribution >= 4 is 56.6 Å². The van der Waals surface area contributed by atoms with E-state index in [-0.39, 0.29) is 0 Å². The zero-order valence-electron chi connectivity index (χ0n) is 8.77. The minimum absolute atomic E-state index is 0.495. The first-order chi connectivity index (χ1) is 7.58. The Labute approximate surface area is 118 Å². The molecule has 0 aromatic heterocycles. The van der Waals surface area contributed by atoms with E-state index in [4.69, 9.17) is 23.2 Å². The zero-order valence-corrected chi connectivity index (χ0v) is 12.7. The highest BCUT2D eigenvalue weighted by Crippen LogP contribution is 2.37. The van der Waals surface area contributed by atoms with Gasteiger partial charge in [-0.1, -0.05) is 30.1 Å². The highest BCUT2D eigenvalue weighted by molar-refractivity contribution is 9.10. The van der Waals surface area contributed by atoms with Gasteiger partial charge in [-0.3, -0.25) is 0 Å². The first-order valence-electron chi connectivity index (χ1n) is 5.09. The molecule has 1 fully saturated rings. The number of thioether (sulfide) groups is 1. The van der Waals surface area contributed by atoms with Gasteiger partial charge < -0.3 is 5.32 Å². The average molecular weight is 341 g/mol. The van der Waals surface area contributed by atoms with Gasteiger partial charge in [0.2, 0.25) is 0 Å². The highest BCUT2D eigenvalue weighted by Gasteiger charge is 2.22. The zero-order chi connectivity index (χ0) is 11.7. The minimum Gasteiger partial charge on any atom is -0.380 e. The summed E-state index contributed by atoms with van der Waals surface area (Å²) in [6.45, 7) is 2.25. The Morgan fingerprint density at radius 1 is 1.38 bits per heavy atom. The molecule has 1 heterocycles. The van der Waals surface area contributed by atoms with Gasteiger partial charge in [0.1, 0.15) is 0 Å². The third-order valence-corrected chi connectivity index (χ3v) is 5.72. The van der Waals surface area contributed by atoms with Crippen molar-refractivity contribution in [2.45, 2.75) is 24.6 Å². The minimum atomic E-state index is 0.495. The van der Waals surface area contributed by atoms with Crippen molar-refractivity contribution in [3.8, 4) is 0 Å². The van der Waals surface area contributed by atoms with Crippen LogP contribution in [0.4, 0.5) is 5.69 Å². The Hall–Kier alpha value is 0.430. The molecule has 1 aliphatic rings. The van der Waals surface area contributed by atoms with Crippen molar-refractivity contribution in [3.63, 3.8) is 0 Å². The normalized spacial score (nSPS) is 24.8. The topological polar surface area (TPSA) is 12.0 Å². The van der Waals surface area contributed by atoms with Crippen molar-refractivity contribution in [1.29, 1.82) is 0 Å². The van der Waals surface area contributed by atoms with Crippen LogP contribution in [0.15, 0.2) is 16.6 Å². The Morgan fingerprint density at radius 2 is 2.12 bits per heavy atom. The Kier molecular flexibility index (Phi) is 4.33. The maximum absolute atomic E-state index is 6.18. The molecular weight excluding hydrogens is 329 g/mol. The second kappa shape index (κ2) is 5.38. The monoisotopic (exact) mass is 339 g/mol. The Bertz CT molecular complexity index is 400. The lowest BCUT2D eigenvalue weighted by atomic mass is 10.2. The lowest BCUT2D eigenvalue weighted by Gasteiger charge is -2.15. The van der Waals surface area contributed by atoms with Crippen LogP contribution in [0.3, 0.4) is 0 Å². The molecule has 1 N–H and O–H groups in total. The van der Waals surface area contributed by atoms with Gasteiger partial charge in [0, 0.05) is 21.5 Å². The molecule has 1 aromatic rings. The molecule has 2 unspecified atom stereocenters. The predicted octanol–water partition coefficient (Wildman–Crippen LogP) is 5.06. The molecule has 1 nitrogen and oxygen atoms in total. The lowest BCUT2D eigenvalue weighted by molar-refractivity contribution is 0.747.